The first-order valence-corrected chi connectivity index (χ1v) is 16.0. The van der Waals surface area contributed by atoms with Crippen LogP contribution in [0.2, 0.25) is 0 Å². The fourth-order valence-corrected chi connectivity index (χ4v) is 10.8. The molecule has 37 heavy (non-hydrogen) atoms. The van der Waals surface area contributed by atoms with Crippen molar-refractivity contribution in [3.63, 3.8) is 0 Å². The average molecular weight is 519 g/mol. The van der Waals surface area contributed by atoms with Gasteiger partial charge in [0, 0.05) is 0 Å². The van der Waals surface area contributed by atoms with E-state index in [9.17, 15) is 0 Å². The lowest BCUT2D eigenvalue weighted by molar-refractivity contribution is -0.139. The van der Waals surface area contributed by atoms with Gasteiger partial charge in [0.15, 0.2) is 0 Å². The Labute approximate surface area is 237 Å². The van der Waals surface area contributed by atoms with Gasteiger partial charge in [0.25, 0.3) is 0 Å². The van der Waals surface area contributed by atoms with Crippen molar-refractivity contribution >= 4 is 0 Å². The van der Waals surface area contributed by atoms with Gasteiger partial charge in [-0.3, -0.25) is 0 Å². The van der Waals surface area contributed by atoms with Gasteiger partial charge in [-0.05, 0) is 92.2 Å². The van der Waals surface area contributed by atoms with Crippen molar-refractivity contribution in [2.24, 2.45) is 72.9 Å². The fraction of sp³-hybridized carbons (Fsp3) is 1.00. The van der Waals surface area contributed by atoms with Crippen molar-refractivity contribution in [2.75, 3.05) is 0 Å². The van der Waals surface area contributed by atoms with Gasteiger partial charge >= 0.3 is 0 Å². The quantitative estimate of drug-likeness (QED) is 0.284. The van der Waals surface area contributed by atoms with Crippen LogP contribution in [0.15, 0.2) is 0 Å². The molecule has 0 heteroatoms. The maximum Gasteiger partial charge on any atom is -0.0149 e. The minimum atomic E-state index is 0.231. The molecule has 0 nitrogen and oxygen atoms in total. The van der Waals surface area contributed by atoms with E-state index < -0.39 is 0 Å². The SMILES string of the molecule is CC(CC1(C(C)CC(C)(C)C(C)(C)C)[C@@H](C)C1(C)[C@@H](C)C(C)C)CC(C(C)(C)C)(C(C)(C)C)C(C)(C)C. The number of hydrogen-bond acceptors (Lipinski definition) is 0. The first-order valence-electron chi connectivity index (χ1n) is 16.0. The normalized spacial score (nSPS) is 28.9. The Morgan fingerprint density at radius 2 is 0.973 bits per heavy atom. The highest BCUT2D eigenvalue weighted by Crippen LogP contribution is 2.80. The largest absolute Gasteiger partial charge is 0.0625 e. The van der Waals surface area contributed by atoms with Crippen molar-refractivity contribution in [2.45, 2.75) is 165 Å². The van der Waals surface area contributed by atoms with Gasteiger partial charge in [-0.15, -0.1) is 0 Å². The lowest BCUT2D eigenvalue weighted by Gasteiger charge is -2.62. The van der Waals surface area contributed by atoms with Crippen molar-refractivity contribution < 1.29 is 0 Å². The zero-order chi connectivity index (χ0) is 30.0. The van der Waals surface area contributed by atoms with Gasteiger partial charge in [-0.2, -0.15) is 0 Å². The van der Waals surface area contributed by atoms with Crippen LogP contribution in [0.3, 0.4) is 0 Å². The van der Waals surface area contributed by atoms with E-state index in [0.717, 1.165) is 23.7 Å². The first-order chi connectivity index (χ1) is 16.0. The van der Waals surface area contributed by atoms with Gasteiger partial charge in [0.2, 0.25) is 0 Å². The molecule has 1 fully saturated rings. The molecular weight excluding hydrogens is 444 g/mol. The maximum absolute atomic E-state index is 2.68. The first kappa shape index (κ1) is 35.0. The number of hydrogen-bond donors (Lipinski definition) is 0. The van der Waals surface area contributed by atoms with Crippen LogP contribution in [0.4, 0.5) is 0 Å². The summed E-state index contributed by atoms with van der Waals surface area (Å²) in [7, 11) is 0. The molecule has 0 N–H and O–H groups in total. The summed E-state index contributed by atoms with van der Waals surface area (Å²) >= 11 is 0. The zero-order valence-corrected chi connectivity index (χ0v) is 30.0. The highest BCUT2D eigenvalue weighted by atomic mass is 14.8. The molecule has 0 aromatic carbocycles. The summed E-state index contributed by atoms with van der Waals surface area (Å²) in [5, 5.41) is 0. The highest BCUT2D eigenvalue weighted by Gasteiger charge is 2.74. The second kappa shape index (κ2) is 10.1. The summed E-state index contributed by atoms with van der Waals surface area (Å²) in [4.78, 5) is 0. The molecular formula is C37H74. The van der Waals surface area contributed by atoms with E-state index >= 15 is 0 Å². The van der Waals surface area contributed by atoms with Crippen LogP contribution in [-0.4, -0.2) is 0 Å². The van der Waals surface area contributed by atoms with Crippen LogP contribution in [-0.2, 0) is 0 Å². The molecule has 1 aliphatic rings. The summed E-state index contributed by atoms with van der Waals surface area (Å²) in [5.41, 5.74) is 2.39. The summed E-state index contributed by atoms with van der Waals surface area (Å²) in [5.74, 6) is 3.66. The molecule has 1 rings (SSSR count). The topological polar surface area (TPSA) is 0 Å². The Kier molecular flexibility index (Phi) is 9.58. The summed E-state index contributed by atoms with van der Waals surface area (Å²) in [6.07, 6.45) is 3.99. The third-order valence-corrected chi connectivity index (χ3v) is 13.4. The molecule has 0 radical (unpaired) electrons. The Morgan fingerprint density at radius 3 is 1.27 bits per heavy atom. The van der Waals surface area contributed by atoms with E-state index in [1.807, 2.05) is 0 Å². The predicted molar refractivity (Wildman–Crippen MR) is 170 cm³/mol. The second-order valence-electron chi connectivity index (χ2n) is 19.5. The minimum absolute atomic E-state index is 0.231. The van der Waals surface area contributed by atoms with Crippen molar-refractivity contribution in [3.05, 3.63) is 0 Å². The van der Waals surface area contributed by atoms with E-state index in [1.165, 1.54) is 19.3 Å². The molecule has 0 amide bonds. The second-order valence-corrected chi connectivity index (χ2v) is 19.5. The van der Waals surface area contributed by atoms with Crippen LogP contribution in [0.1, 0.15) is 165 Å². The molecule has 0 aromatic rings. The van der Waals surface area contributed by atoms with Gasteiger partial charge in [-0.25, -0.2) is 0 Å². The fourth-order valence-electron chi connectivity index (χ4n) is 10.8. The molecule has 0 aromatic heterocycles. The van der Waals surface area contributed by atoms with Crippen LogP contribution < -0.4 is 0 Å². The molecule has 0 spiro atoms. The predicted octanol–water partition coefficient (Wildman–Crippen LogP) is 12.6. The Morgan fingerprint density at radius 1 is 0.595 bits per heavy atom. The monoisotopic (exact) mass is 519 g/mol. The summed E-state index contributed by atoms with van der Waals surface area (Å²) < 4.78 is 0. The molecule has 6 atom stereocenters. The molecule has 0 saturated heterocycles. The van der Waals surface area contributed by atoms with E-state index in [2.05, 4.69) is 145 Å². The molecule has 4 unspecified atom stereocenters. The van der Waals surface area contributed by atoms with Gasteiger partial charge < -0.3 is 0 Å². The number of rotatable bonds is 9. The van der Waals surface area contributed by atoms with Crippen LogP contribution in [0.25, 0.3) is 0 Å². The minimum Gasteiger partial charge on any atom is -0.0625 e. The average Bonchev–Trinajstić information content (AvgIpc) is 3.10. The summed E-state index contributed by atoms with van der Waals surface area (Å²) in [6, 6.07) is 0. The molecule has 0 aliphatic heterocycles. The third-order valence-electron chi connectivity index (χ3n) is 13.4. The van der Waals surface area contributed by atoms with Crippen molar-refractivity contribution in [3.8, 4) is 0 Å². The maximum atomic E-state index is 2.68. The Hall–Kier alpha value is 0. The van der Waals surface area contributed by atoms with Gasteiger partial charge in [-0.1, -0.05) is 145 Å². The summed E-state index contributed by atoms with van der Waals surface area (Å²) in [6.45, 7) is 53.1. The smallest absolute Gasteiger partial charge is 0.0149 e. The standard InChI is InChI=1S/C37H74/c1-25(2)28(5)35(21)29(6)36(35,27(4)24-34(19,20)30(7,8)9)22-26(3)23-37(31(10,11)12,32(13,14)15)33(16,17)18/h25-29H,22-24H2,1-21H3/t26?,27?,28-,29-,35?,36?/m0/s1. The van der Waals surface area contributed by atoms with Crippen LogP contribution >= 0.6 is 0 Å². The van der Waals surface area contributed by atoms with E-state index in [0.29, 0.717) is 27.6 Å². The van der Waals surface area contributed by atoms with Crippen LogP contribution in [0.5, 0.6) is 0 Å². The van der Waals surface area contributed by atoms with Gasteiger partial charge in [0.1, 0.15) is 0 Å². The Balaban J connectivity index is 3.64. The highest BCUT2D eigenvalue weighted by molar-refractivity contribution is 5.22. The molecule has 1 saturated carbocycles. The third kappa shape index (κ3) is 5.63. The molecule has 222 valence electrons. The Bertz CT molecular complexity index is 716. The molecule has 0 heterocycles. The molecule has 1 aliphatic carbocycles. The van der Waals surface area contributed by atoms with Crippen molar-refractivity contribution in [1.82, 2.24) is 0 Å². The van der Waals surface area contributed by atoms with E-state index in [1.54, 1.807) is 0 Å². The zero-order valence-electron chi connectivity index (χ0n) is 30.0. The lowest BCUT2D eigenvalue weighted by atomic mass is 9.42. The van der Waals surface area contributed by atoms with E-state index in [4.69, 9.17) is 0 Å². The molecule has 0 bridgehead atoms. The van der Waals surface area contributed by atoms with Crippen molar-refractivity contribution in [1.29, 1.82) is 0 Å². The van der Waals surface area contributed by atoms with E-state index in [-0.39, 0.29) is 21.7 Å². The lowest BCUT2D eigenvalue weighted by Crippen LogP contribution is -2.55. The van der Waals surface area contributed by atoms with Gasteiger partial charge in [0.05, 0.1) is 0 Å². The van der Waals surface area contributed by atoms with Crippen LogP contribution in [0, 0.1) is 72.9 Å².